The van der Waals surface area contributed by atoms with Crippen LogP contribution in [0.4, 0.5) is 0 Å². The average molecular weight is 260 g/mol. The third kappa shape index (κ3) is 3.80. The van der Waals surface area contributed by atoms with Crippen molar-refractivity contribution in [1.29, 1.82) is 0 Å². The lowest BCUT2D eigenvalue weighted by molar-refractivity contribution is -0.144. The van der Waals surface area contributed by atoms with Gasteiger partial charge >= 0.3 is 5.97 Å². The van der Waals surface area contributed by atoms with Gasteiger partial charge in [-0.25, -0.2) is 0 Å². The zero-order chi connectivity index (χ0) is 12.8. The van der Waals surface area contributed by atoms with Gasteiger partial charge in [-0.05, 0) is 30.5 Å². The summed E-state index contributed by atoms with van der Waals surface area (Å²) in [7, 11) is 1.45. The quantitative estimate of drug-likeness (QED) is 0.788. The molecule has 1 aromatic rings. The van der Waals surface area contributed by atoms with Crippen LogP contribution < -0.4 is 10.6 Å². The van der Waals surface area contributed by atoms with E-state index in [2.05, 4.69) is 4.84 Å². The van der Waals surface area contributed by atoms with Crippen LogP contribution in [0.5, 0.6) is 11.5 Å². The summed E-state index contributed by atoms with van der Waals surface area (Å²) in [4.78, 5) is 14.9. The number of aryl methyl sites for hydroxylation is 1. The maximum atomic E-state index is 10.8. The van der Waals surface area contributed by atoms with Crippen molar-refractivity contribution in [3.8, 4) is 11.5 Å². The molecule has 0 atom stereocenters. The molecule has 0 aliphatic rings. The van der Waals surface area contributed by atoms with E-state index in [1.807, 2.05) is 0 Å². The van der Waals surface area contributed by atoms with Crippen LogP contribution in [-0.4, -0.2) is 18.2 Å². The highest BCUT2D eigenvalue weighted by Crippen LogP contribution is 2.35. The Kier molecular flexibility index (Phi) is 5.06. The first-order chi connectivity index (χ1) is 8.08. The van der Waals surface area contributed by atoms with Gasteiger partial charge in [0.15, 0.2) is 11.5 Å². The highest BCUT2D eigenvalue weighted by molar-refractivity contribution is 6.32. The van der Waals surface area contributed by atoms with Crippen LogP contribution in [0.2, 0.25) is 5.02 Å². The zero-order valence-corrected chi connectivity index (χ0v) is 10.2. The number of methoxy groups -OCH3 is 1. The van der Waals surface area contributed by atoms with Crippen molar-refractivity contribution in [3.05, 3.63) is 22.7 Å². The predicted molar refractivity (Wildman–Crippen MR) is 62.9 cm³/mol. The molecule has 0 aliphatic carbocycles. The Morgan fingerprint density at radius 2 is 2.24 bits per heavy atom. The molecule has 0 saturated heterocycles. The summed E-state index contributed by atoms with van der Waals surface area (Å²) in [5.41, 5.74) is 0.870. The molecule has 0 aliphatic heterocycles. The molecule has 0 radical (unpaired) electrons. The lowest BCUT2D eigenvalue weighted by Crippen LogP contribution is -2.09. The maximum Gasteiger partial charge on any atom is 0.324 e. The van der Waals surface area contributed by atoms with Crippen molar-refractivity contribution >= 4 is 17.6 Å². The van der Waals surface area contributed by atoms with Crippen LogP contribution in [0, 0.1) is 0 Å². The van der Waals surface area contributed by atoms with Crippen molar-refractivity contribution in [2.75, 3.05) is 7.11 Å². The van der Waals surface area contributed by atoms with E-state index in [-0.39, 0.29) is 17.2 Å². The van der Waals surface area contributed by atoms with E-state index in [0.29, 0.717) is 18.6 Å². The summed E-state index contributed by atoms with van der Waals surface area (Å²) in [6.45, 7) is 0. The lowest BCUT2D eigenvalue weighted by Gasteiger charge is -2.08. The summed E-state index contributed by atoms with van der Waals surface area (Å²) in [5, 5.41) is 9.75. The topological polar surface area (TPSA) is 81.8 Å². The van der Waals surface area contributed by atoms with E-state index in [4.69, 9.17) is 22.2 Å². The first kappa shape index (κ1) is 13.6. The van der Waals surface area contributed by atoms with E-state index in [9.17, 15) is 9.90 Å². The third-order valence-corrected chi connectivity index (χ3v) is 2.57. The summed E-state index contributed by atoms with van der Waals surface area (Å²) in [6.07, 6.45) is 1.43. The van der Waals surface area contributed by atoms with Gasteiger partial charge in [-0.2, -0.15) is 5.90 Å². The van der Waals surface area contributed by atoms with Gasteiger partial charge in [0.25, 0.3) is 0 Å². The molecule has 1 aromatic carbocycles. The van der Waals surface area contributed by atoms with Crippen molar-refractivity contribution in [2.24, 2.45) is 5.90 Å². The lowest BCUT2D eigenvalue weighted by atomic mass is 10.1. The van der Waals surface area contributed by atoms with E-state index in [1.54, 1.807) is 12.1 Å². The molecule has 0 saturated carbocycles. The summed E-state index contributed by atoms with van der Waals surface area (Å²) >= 11 is 5.82. The van der Waals surface area contributed by atoms with Crippen LogP contribution in [0.25, 0.3) is 0 Å². The summed E-state index contributed by atoms with van der Waals surface area (Å²) in [6, 6.07) is 3.31. The van der Waals surface area contributed by atoms with Gasteiger partial charge in [0.05, 0.1) is 12.1 Å². The van der Waals surface area contributed by atoms with Crippen LogP contribution in [-0.2, 0) is 16.1 Å². The van der Waals surface area contributed by atoms with Crippen LogP contribution in [0.1, 0.15) is 18.4 Å². The molecule has 5 nitrogen and oxygen atoms in total. The molecule has 3 N–H and O–H groups in total. The minimum Gasteiger partial charge on any atom is -0.503 e. The van der Waals surface area contributed by atoms with Crippen molar-refractivity contribution < 1.29 is 19.5 Å². The molecule has 0 fully saturated rings. The number of aromatic hydroxyl groups is 1. The summed E-state index contributed by atoms with van der Waals surface area (Å²) in [5.74, 6) is 4.49. The van der Waals surface area contributed by atoms with Gasteiger partial charge in [0.1, 0.15) is 0 Å². The summed E-state index contributed by atoms with van der Waals surface area (Å²) < 4.78 is 4.97. The Labute approximate surface area is 104 Å². The molecule has 0 aromatic heterocycles. The molecule has 0 spiro atoms. The van der Waals surface area contributed by atoms with Crippen molar-refractivity contribution in [3.63, 3.8) is 0 Å². The van der Waals surface area contributed by atoms with E-state index in [1.165, 1.54) is 7.11 Å². The number of hydrogen-bond acceptors (Lipinski definition) is 5. The smallest absolute Gasteiger partial charge is 0.324 e. The number of rotatable bonds is 5. The average Bonchev–Trinajstić information content (AvgIpc) is 2.33. The monoisotopic (exact) mass is 259 g/mol. The Morgan fingerprint density at radius 3 is 2.82 bits per heavy atom. The largest absolute Gasteiger partial charge is 0.503 e. The van der Waals surface area contributed by atoms with E-state index >= 15 is 0 Å². The third-order valence-electron chi connectivity index (χ3n) is 2.29. The Bertz CT molecular complexity index is 409. The Balaban J connectivity index is 2.66. The molecular weight excluding hydrogens is 246 g/mol. The molecule has 0 heterocycles. The number of phenols is 1. The number of carbonyl (C=O) groups excluding carboxylic acids is 1. The molecule has 94 valence electrons. The number of halogens is 1. The number of benzene rings is 1. The first-order valence-corrected chi connectivity index (χ1v) is 5.41. The number of phenolic OH excluding ortho intramolecular Hbond substituents is 1. The fraction of sp³-hybridized carbons (Fsp3) is 0.364. The predicted octanol–water partition coefficient (Wildman–Crippen LogP) is 1.79. The molecule has 0 unspecified atom stereocenters. The van der Waals surface area contributed by atoms with Gasteiger partial charge < -0.3 is 14.7 Å². The van der Waals surface area contributed by atoms with E-state index in [0.717, 1.165) is 5.56 Å². The van der Waals surface area contributed by atoms with Gasteiger partial charge in [0, 0.05) is 6.42 Å². The fourth-order valence-corrected chi connectivity index (χ4v) is 1.66. The molecule has 0 bridgehead atoms. The minimum absolute atomic E-state index is 0.0840. The van der Waals surface area contributed by atoms with Crippen LogP contribution in [0.15, 0.2) is 12.1 Å². The van der Waals surface area contributed by atoms with Gasteiger partial charge in [-0.3, -0.25) is 4.79 Å². The fourth-order valence-electron chi connectivity index (χ4n) is 1.42. The second-order valence-electron chi connectivity index (χ2n) is 3.47. The molecular formula is C11H14ClNO4. The standard InChI is InChI=1S/C11H14ClNO4/c1-16-9-6-7(5-8(12)11(9)15)3-2-4-10(14)17-13/h5-6,15H,2-4,13H2,1H3. The van der Waals surface area contributed by atoms with Gasteiger partial charge in [0.2, 0.25) is 0 Å². The Morgan fingerprint density at radius 1 is 1.53 bits per heavy atom. The van der Waals surface area contributed by atoms with Crippen molar-refractivity contribution in [1.82, 2.24) is 0 Å². The highest BCUT2D eigenvalue weighted by atomic mass is 35.5. The first-order valence-electron chi connectivity index (χ1n) is 5.03. The molecule has 1 rings (SSSR count). The normalized spacial score (nSPS) is 10.1. The highest BCUT2D eigenvalue weighted by Gasteiger charge is 2.09. The SMILES string of the molecule is COc1cc(CCCC(=O)ON)cc(Cl)c1O. The zero-order valence-electron chi connectivity index (χ0n) is 9.40. The minimum atomic E-state index is -0.457. The molecule has 17 heavy (non-hydrogen) atoms. The molecule has 6 heteroatoms. The second kappa shape index (κ2) is 6.32. The maximum absolute atomic E-state index is 10.8. The number of carbonyl (C=O) groups is 1. The van der Waals surface area contributed by atoms with Crippen molar-refractivity contribution in [2.45, 2.75) is 19.3 Å². The van der Waals surface area contributed by atoms with Crippen LogP contribution >= 0.6 is 11.6 Å². The number of ether oxygens (including phenoxy) is 1. The molecule has 0 amide bonds. The van der Waals surface area contributed by atoms with Gasteiger partial charge in [-0.15, -0.1) is 0 Å². The van der Waals surface area contributed by atoms with E-state index < -0.39 is 5.97 Å². The Hall–Kier alpha value is -1.46. The number of nitrogens with two attached hydrogens (primary N) is 1. The second-order valence-corrected chi connectivity index (χ2v) is 3.88. The van der Waals surface area contributed by atoms with Gasteiger partial charge in [-0.1, -0.05) is 11.6 Å². The van der Waals surface area contributed by atoms with Crippen LogP contribution in [0.3, 0.4) is 0 Å². The number of hydrogen-bond donors (Lipinski definition) is 2.